The minimum atomic E-state index is -3.73. The fourth-order valence-electron chi connectivity index (χ4n) is 4.08. The van der Waals surface area contributed by atoms with Crippen molar-refractivity contribution in [3.63, 3.8) is 0 Å². The average molecular weight is 544 g/mol. The zero-order valence-corrected chi connectivity index (χ0v) is 22.7. The summed E-state index contributed by atoms with van der Waals surface area (Å²) in [6.07, 6.45) is 1.50. The molecule has 10 nitrogen and oxygen atoms in total. The average Bonchev–Trinajstić information content (AvgIpc) is 3.32. The van der Waals surface area contributed by atoms with Gasteiger partial charge in [0.15, 0.2) is 0 Å². The van der Waals surface area contributed by atoms with Gasteiger partial charge in [0.1, 0.15) is 23.6 Å². The highest BCUT2D eigenvalue weighted by Gasteiger charge is 2.16. The van der Waals surface area contributed by atoms with Crippen molar-refractivity contribution in [2.24, 2.45) is 0 Å². The van der Waals surface area contributed by atoms with Crippen molar-refractivity contribution in [2.75, 3.05) is 37.8 Å². The molecular weight excluding hydrogens is 514 g/mol. The Bertz CT molecular complexity index is 1680. The summed E-state index contributed by atoms with van der Waals surface area (Å²) in [6.45, 7) is 1.63. The van der Waals surface area contributed by atoms with E-state index >= 15 is 0 Å². The number of ether oxygens (including phenoxy) is 1. The van der Waals surface area contributed by atoms with Gasteiger partial charge in [0, 0.05) is 29.4 Å². The summed E-state index contributed by atoms with van der Waals surface area (Å²) in [6, 6.07) is 23.1. The first kappa shape index (κ1) is 26.1. The number of anilines is 3. The highest BCUT2D eigenvalue weighted by Crippen LogP contribution is 2.28. The number of hydrogen-bond acceptors (Lipinski definition) is 8. The lowest BCUT2D eigenvalue weighted by molar-refractivity contribution is 0.377. The third-order valence-corrected chi connectivity index (χ3v) is 7.50. The molecule has 0 spiro atoms. The molecule has 11 heteroatoms. The van der Waals surface area contributed by atoms with Crippen molar-refractivity contribution >= 4 is 38.1 Å². The van der Waals surface area contributed by atoms with E-state index in [1.165, 1.54) is 25.6 Å². The van der Waals surface area contributed by atoms with Crippen LogP contribution in [0.3, 0.4) is 0 Å². The van der Waals surface area contributed by atoms with E-state index in [-0.39, 0.29) is 4.90 Å². The summed E-state index contributed by atoms with van der Waals surface area (Å²) >= 11 is 0. The third-order valence-electron chi connectivity index (χ3n) is 6.11. The molecule has 2 heterocycles. The van der Waals surface area contributed by atoms with Gasteiger partial charge < -0.3 is 15.0 Å². The molecule has 2 N–H and O–H groups in total. The van der Waals surface area contributed by atoms with Gasteiger partial charge in [0.25, 0.3) is 10.0 Å². The zero-order valence-electron chi connectivity index (χ0n) is 21.9. The van der Waals surface area contributed by atoms with Gasteiger partial charge in [-0.25, -0.2) is 18.4 Å². The predicted octanol–water partition coefficient (Wildman–Crippen LogP) is 4.61. The van der Waals surface area contributed by atoms with Crippen molar-refractivity contribution in [2.45, 2.75) is 11.4 Å². The van der Waals surface area contributed by atoms with E-state index < -0.39 is 10.0 Å². The number of hydrogen-bond donors (Lipinski definition) is 2. The molecule has 0 bridgehead atoms. The number of likely N-dealkylation sites (N-methyl/N-ethyl adjacent to an activating group) is 1. The first-order valence-corrected chi connectivity index (χ1v) is 13.8. The number of para-hydroxylation sites is 1. The standard InChI is InChI=1S/C28H29N7O3S/c1-34(2)16-17-35-26-7-5-4-6-24(26)28(32-35)25-18-27(30-19-29-25)31-20-8-10-21(11-9-20)33-39(36,37)23-14-12-22(38-3)13-15-23/h4-15,18-19,33H,16-17H2,1-3H3,(H,29,30,31). The fraction of sp³-hybridized carbons (Fsp3) is 0.179. The predicted molar refractivity (Wildman–Crippen MR) is 153 cm³/mol. The number of aromatic nitrogens is 4. The van der Waals surface area contributed by atoms with E-state index in [0.29, 0.717) is 22.9 Å². The monoisotopic (exact) mass is 543 g/mol. The molecule has 0 saturated heterocycles. The van der Waals surface area contributed by atoms with Gasteiger partial charge in [-0.2, -0.15) is 5.10 Å². The molecule has 200 valence electrons. The van der Waals surface area contributed by atoms with Crippen LogP contribution < -0.4 is 14.8 Å². The van der Waals surface area contributed by atoms with Gasteiger partial charge in [-0.15, -0.1) is 0 Å². The van der Waals surface area contributed by atoms with Gasteiger partial charge in [-0.05, 0) is 68.7 Å². The first-order chi connectivity index (χ1) is 18.8. The second-order valence-corrected chi connectivity index (χ2v) is 10.8. The number of benzene rings is 3. The van der Waals surface area contributed by atoms with Gasteiger partial charge in [0.05, 0.1) is 29.8 Å². The molecule has 39 heavy (non-hydrogen) atoms. The second kappa shape index (κ2) is 11.1. The minimum Gasteiger partial charge on any atom is -0.497 e. The van der Waals surface area contributed by atoms with E-state index in [0.717, 1.165) is 35.4 Å². The van der Waals surface area contributed by atoms with Crippen LogP contribution in [0, 0.1) is 0 Å². The van der Waals surface area contributed by atoms with Crippen LogP contribution in [0.25, 0.3) is 22.3 Å². The number of nitrogens with one attached hydrogen (secondary N) is 2. The highest BCUT2D eigenvalue weighted by atomic mass is 32.2. The molecule has 5 rings (SSSR count). The molecule has 0 radical (unpaired) electrons. The number of methoxy groups -OCH3 is 1. The Kier molecular flexibility index (Phi) is 7.44. The van der Waals surface area contributed by atoms with Crippen LogP contribution in [-0.2, 0) is 16.6 Å². The van der Waals surface area contributed by atoms with Crippen LogP contribution in [0.1, 0.15) is 0 Å². The van der Waals surface area contributed by atoms with Crippen molar-refractivity contribution in [1.29, 1.82) is 0 Å². The maximum Gasteiger partial charge on any atom is 0.261 e. The van der Waals surface area contributed by atoms with Crippen molar-refractivity contribution in [3.05, 3.63) is 85.2 Å². The largest absolute Gasteiger partial charge is 0.497 e. The normalized spacial score (nSPS) is 11.6. The SMILES string of the molecule is COc1ccc(S(=O)(=O)Nc2ccc(Nc3cc(-c4nn(CCN(C)C)c5ccccc45)ncn3)cc2)cc1. The van der Waals surface area contributed by atoms with Crippen molar-refractivity contribution in [1.82, 2.24) is 24.6 Å². The summed E-state index contributed by atoms with van der Waals surface area (Å²) in [5.74, 6) is 1.18. The Morgan fingerprint density at radius 1 is 0.923 bits per heavy atom. The zero-order chi connectivity index (χ0) is 27.4. The van der Waals surface area contributed by atoms with E-state index in [2.05, 4.69) is 31.0 Å². The van der Waals surface area contributed by atoms with Crippen LogP contribution in [0.5, 0.6) is 5.75 Å². The minimum absolute atomic E-state index is 0.149. The molecule has 0 fully saturated rings. The van der Waals surface area contributed by atoms with Gasteiger partial charge in [-0.1, -0.05) is 18.2 Å². The van der Waals surface area contributed by atoms with E-state index in [9.17, 15) is 8.42 Å². The molecule has 2 aromatic heterocycles. The molecule has 0 saturated carbocycles. The number of fused-ring (bicyclic) bond motifs is 1. The van der Waals surface area contributed by atoms with Gasteiger partial charge in [-0.3, -0.25) is 9.40 Å². The summed E-state index contributed by atoms with van der Waals surface area (Å²) in [7, 11) is 1.88. The Morgan fingerprint density at radius 2 is 1.64 bits per heavy atom. The molecule has 0 amide bonds. The second-order valence-electron chi connectivity index (χ2n) is 9.16. The van der Waals surface area contributed by atoms with Crippen molar-refractivity contribution < 1.29 is 13.2 Å². The third kappa shape index (κ3) is 6.00. The Balaban J connectivity index is 1.33. The lowest BCUT2D eigenvalue weighted by atomic mass is 10.1. The number of sulfonamides is 1. The Morgan fingerprint density at radius 3 is 2.36 bits per heavy atom. The number of nitrogens with zero attached hydrogens (tertiary/aromatic N) is 5. The van der Waals surface area contributed by atoms with Crippen LogP contribution in [0.4, 0.5) is 17.2 Å². The molecular formula is C28H29N7O3S. The van der Waals surface area contributed by atoms with Gasteiger partial charge in [0.2, 0.25) is 0 Å². The Labute approximate surface area is 227 Å². The molecule has 0 aliphatic carbocycles. The van der Waals surface area contributed by atoms with Crippen LogP contribution in [0.2, 0.25) is 0 Å². The molecule has 0 atom stereocenters. The lowest BCUT2D eigenvalue weighted by Crippen LogP contribution is -2.18. The van der Waals surface area contributed by atoms with E-state index in [4.69, 9.17) is 9.84 Å². The quantitative estimate of drug-likeness (QED) is 0.263. The van der Waals surface area contributed by atoms with Crippen LogP contribution in [-0.4, -0.2) is 60.8 Å². The maximum absolute atomic E-state index is 12.7. The molecule has 5 aromatic rings. The highest BCUT2D eigenvalue weighted by molar-refractivity contribution is 7.92. The summed E-state index contributed by atoms with van der Waals surface area (Å²) < 4.78 is 35.1. The lowest BCUT2D eigenvalue weighted by Gasteiger charge is -2.10. The molecule has 3 aromatic carbocycles. The topological polar surface area (TPSA) is 114 Å². The van der Waals surface area contributed by atoms with Gasteiger partial charge >= 0.3 is 0 Å². The van der Waals surface area contributed by atoms with Crippen LogP contribution >= 0.6 is 0 Å². The molecule has 0 aliphatic heterocycles. The fourth-order valence-corrected chi connectivity index (χ4v) is 5.13. The first-order valence-electron chi connectivity index (χ1n) is 12.3. The smallest absolute Gasteiger partial charge is 0.261 e. The maximum atomic E-state index is 12.7. The van der Waals surface area contributed by atoms with Crippen molar-refractivity contribution in [3.8, 4) is 17.1 Å². The molecule has 0 aliphatic rings. The van der Waals surface area contributed by atoms with Crippen LogP contribution in [0.15, 0.2) is 90.1 Å². The van der Waals surface area contributed by atoms with E-state index in [1.807, 2.05) is 43.0 Å². The summed E-state index contributed by atoms with van der Waals surface area (Å²) in [4.78, 5) is 11.1. The Hall–Kier alpha value is -4.48. The summed E-state index contributed by atoms with van der Waals surface area (Å²) in [5.41, 5.74) is 3.73. The number of rotatable bonds is 10. The molecule has 0 unspecified atom stereocenters. The summed E-state index contributed by atoms with van der Waals surface area (Å²) in [5, 5.41) is 9.14. The van der Waals surface area contributed by atoms with E-state index in [1.54, 1.807) is 36.4 Å².